The van der Waals surface area contributed by atoms with Gasteiger partial charge in [-0.05, 0) is 24.3 Å². The highest BCUT2D eigenvalue weighted by Crippen LogP contribution is 2.27. The van der Waals surface area contributed by atoms with Gasteiger partial charge in [0.05, 0.1) is 12.6 Å². The lowest BCUT2D eigenvalue weighted by atomic mass is 9.92. The molecule has 0 saturated carbocycles. The summed E-state index contributed by atoms with van der Waals surface area (Å²) in [6, 6.07) is 15.4. The highest BCUT2D eigenvalue weighted by molar-refractivity contribution is 6.35. The molecule has 0 saturated heterocycles. The first-order chi connectivity index (χ1) is 12.6. The number of anilines is 1. The Bertz CT molecular complexity index is 1000. The minimum atomic E-state index is -0.558. The van der Waals surface area contributed by atoms with E-state index >= 15 is 0 Å². The van der Waals surface area contributed by atoms with E-state index in [0.717, 1.165) is 27.5 Å². The van der Waals surface area contributed by atoms with Crippen molar-refractivity contribution in [3.8, 4) is 0 Å². The second kappa shape index (κ2) is 6.89. The van der Waals surface area contributed by atoms with Gasteiger partial charge < -0.3 is 15.0 Å². The summed E-state index contributed by atoms with van der Waals surface area (Å²) < 4.78 is 2.11. The lowest BCUT2D eigenvalue weighted by Gasteiger charge is -2.15. The maximum absolute atomic E-state index is 10.6. The molecule has 1 atom stereocenters. The lowest BCUT2D eigenvalue weighted by molar-refractivity contribution is 0.169. The van der Waals surface area contributed by atoms with Crippen LogP contribution in [0, 0.1) is 0 Å². The van der Waals surface area contributed by atoms with E-state index in [2.05, 4.69) is 14.9 Å². The molecule has 2 N–H and O–H groups in total. The molecule has 0 spiro atoms. The molecule has 124 valence electrons. The first-order valence-corrected chi connectivity index (χ1v) is 8.51. The summed E-state index contributed by atoms with van der Waals surface area (Å²) >= 11 is 0. The zero-order chi connectivity index (χ0) is 18.1. The smallest absolute Gasteiger partial charge is 0.113 e. The standard InChI is InChI=1S/C20H17B2N3O/c21-13-1-3-19-17(9-13)18-10-14(22)2-4-20(18)25(19)12-16(26)11-24-15-5-7-23-8-6-15/h1-10,16,26H,11-12H2,(H,23,24). The summed E-state index contributed by atoms with van der Waals surface area (Å²) in [5.74, 6) is 0. The topological polar surface area (TPSA) is 50.1 Å². The van der Waals surface area contributed by atoms with Crippen LogP contribution in [0.2, 0.25) is 0 Å². The van der Waals surface area contributed by atoms with Gasteiger partial charge in [-0.2, -0.15) is 0 Å². The van der Waals surface area contributed by atoms with Crippen LogP contribution in [0.5, 0.6) is 0 Å². The van der Waals surface area contributed by atoms with Crippen LogP contribution in [0.3, 0.4) is 0 Å². The van der Waals surface area contributed by atoms with Crippen molar-refractivity contribution in [3.63, 3.8) is 0 Å². The molecule has 2 aromatic heterocycles. The molecule has 6 heteroatoms. The van der Waals surface area contributed by atoms with Crippen LogP contribution in [0.4, 0.5) is 5.69 Å². The minimum Gasteiger partial charge on any atom is -0.389 e. The Morgan fingerprint density at radius 1 is 0.923 bits per heavy atom. The third kappa shape index (κ3) is 3.20. The predicted octanol–water partition coefficient (Wildman–Crippen LogP) is 1.25. The quantitative estimate of drug-likeness (QED) is 0.539. The Hall–Kier alpha value is -2.72. The number of fused-ring (bicyclic) bond motifs is 3. The van der Waals surface area contributed by atoms with Gasteiger partial charge in [0.15, 0.2) is 0 Å². The number of nitrogens with one attached hydrogen (secondary N) is 1. The number of aliphatic hydroxyl groups is 1. The Balaban J connectivity index is 1.66. The van der Waals surface area contributed by atoms with Crippen molar-refractivity contribution in [2.24, 2.45) is 0 Å². The van der Waals surface area contributed by atoms with Crippen LogP contribution >= 0.6 is 0 Å². The molecule has 0 aliphatic carbocycles. The molecule has 0 fully saturated rings. The van der Waals surface area contributed by atoms with Crippen molar-refractivity contribution in [3.05, 3.63) is 60.9 Å². The molecule has 2 heterocycles. The van der Waals surface area contributed by atoms with Crippen LogP contribution in [0.1, 0.15) is 0 Å². The predicted molar refractivity (Wildman–Crippen MR) is 109 cm³/mol. The Labute approximate surface area is 154 Å². The van der Waals surface area contributed by atoms with Crippen molar-refractivity contribution in [1.29, 1.82) is 0 Å². The van der Waals surface area contributed by atoms with Gasteiger partial charge in [-0.1, -0.05) is 35.2 Å². The number of aromatic nitrogens is 2. The van der Waals surface area contributed by atoms with Crippen molar-refractivity contribution in [1.82, 2.24) is 9.55 Å². The van der Waals surface area contributed by atoms with E-state index in [1.54, 1.807) is 12.4 Å². The number of nitrogens with zero attached hydrogens (tertiary/aromatic N) is 2. The fourth-order valence-corrected chi connectivity index (χ4v) is 3.32. The van der Waals surface area contributed by atoms with E-state index in [9.17, 15) is 5.11 Å². The Kier molecular flexibility index (Phi) is 4.43. The monoisotopic (exact) mass is 337 g/mol. The summed E-state index contributed by atoms with van der Waals surface area (Å²) in [5, 5.41) is 15.9. The first kappa shape index (κ1) is 16.7. The van der Waals surface area contributed by atoms with E-state index in [0.29, 0.717) is 24.0 Å². The number of benzene rings is 2. The zero-order valence-corrected chi connectivity index (χ0v) is 14.3. The Morgan fingerprint density at radius 3 is 2.08 bits per heavy atom. The number of pyridine rings is 1. The van der Waals surface area contributed by atoms with E-state index in [4.69, 9.17) is 15.7 Å². The summed E-state index contributed by atoms with van der Waals surface area (Å²) in [6.07, 6.45) is 2.88. The summed E-state index contributed by atoms with van der Waals surface area (Å²) in [5.41, 5.74) is 4.41. The third-order valence-corrected chi connectivity index (χ3v) is 4.53. The zero-order valence-electron chi connectivity index (χ0n) is 14.3. The molecule has 26 heavy (non-hydrogen) atoms. The number of rotatable bonds is 5. The van der Waals surface area contributed by atoms with E-state index in [1.807, 2.05) is 48.5 Å². The molecule has 4 aromatic rings. The van der Waals surface area contributed by atoms with Crippen LogP contribution in [0.25, 0.3) is 21.8 Å². The van der Waals surface area contributed by atoms with Gasteiger partial charge in [0.2, 0.25) is 0 Å². The van der Waals surface area contributed by atoms with Crippen molar-refractivity contribution < 1.29 is 5.11 Å². The summed E-state index contributed by atoms with van der Waals surface area (Å²) in [6.45, 7) is 0.904. The minimum absolute atomic E-state index is 0.440. The largest absolute Gasteiger partial charge is 0.389 e. The molecular formula is C20H17B2N3O. The molecule has 0 bridgehead atoms. The van der Waals surface area contributed by atoms with Gasteiger partial charge in [-0.3, -0.25) is 4.98 Å². The highest BCUT2D eigenvalue weighted by atomic mass is 16.3. The van der Waals surface area contributed by atoms with Crippen LogP contribution < -0.4 is 16.2 Å². The molecule has 4 nitrogen and oxygen atoms in total. The molecular weight excluding hydrogens is 320 g/mol. The maximum atomic E-state index is 10.6. The van der Waals surface area contributed by atoms with Crippen LogP contribution in [-0.2, 0) is 6.54 Å². The average Bonchev–Trinajstić information content (AvgIpc) is 2.93. The normalized spacial score (nSPS) is 12.5. The third-order valence-electron chi connectivity index (χ3n) is 4.53. The van der Waals surface area contributed by atoms with Gasteiger partial charge >= 0.3 is 0 Å². The number of hydrogen-bond donors (Lipinski definition) is 2. The first-order valence-electron chi connectivity index (χ1n) is 8.51. The van der Waals surface area contributed by atoms with Gasteiger partial charge in [-0.15, -0.1) is 0 Å². The van der Waals surface area contributed by atoms with Crippen molar-refractivity contribution in [2.75, 3.05) is 11.9 Å². The molecule has 2 aromatic carbocycles. The molecule has 0 amide bonds. The molecule has 0 aliphatic heterocycles. The van der Waals surface area contributed by atoms with E-state index in [1.165, 1.54) is 0 Å². The summed E-state index contributed by atoms with van der Waals surface area (Å²) in [7, 11) is 11.9. The van der Waals surface area contributed by atoms with Gasteiger partial charge in [-0.25, -0.2) is 0 Å². The molecule has 0 aliphatic rings. The van der Waals surface area contributed by atoms with Crippen LogP contribution in [-0.4, -0.2) is 43.0 Å². The van der Waals surface area contributed by atoms with E-state index in [-0.39, 0.29) is 0 Å². The second-order valence-corrected chi connectivity index (χ2v) is 6.43. The summed E-state index contributed by atoms with van der Waals surface area (Å²) in [4.78, 5) is 3.99. The van der Waals surface area contributed by atoms with Crippen molar-refractivity contribution >= 4 is 54.1 Å². The van der Waals surface area contributed by atoms with Crippen LogP contribution in [0.15, 0.2) is 60.9 Å². The molecule has 4 radical (unpaired) electrons. The SMILES string of the molecule is [B]c1ccc2c(c1)c1cc([B])ccc1n2CC(O)CNc1ccncc1. The fraction of sp³-hybridized carbons (Fsp3) is 0.150. The van der Waals surface area contributed by atoms with Gasteiger partial charge in [0, 0.05) is 46.4 Å². The average molecular weight is 337 g/mol. The maximum Gasteiger partial charge on any atom is 0.113 e. The molecule has 1 unspecified atom stereocenters. The molecule has 4 rings (SSSR count). The number of hydrogen-bond acceptors (Lipinski definition) is 3. The fourth-order valence-electron chi connectivity index (χ4n) is 3.32. The van der Waals surface area contributed by atoms with Gasteiger partial charge in [0.25, 0.3) is 0 Å². The highest BCUT2D eigenvalue weighted by Gasteiger charge is 2.14. The van der Waals surface area contributed by atoms with Crippen molar-refractivity contribution in [2.45, 2.75) is 12.6 Å². The Morgan fingerprint density at radius 2 is 1.50 bits per heavy atom. The number of aliphatic hydroxyl groups excluding tert-OH is 1. The van der Waals surface area contributed by atoms with E-state index < -0.39 is 6.10 Å². The van der Waals surface area contributed by atoms with Gasteiger partial charge in [0.1, 0.15) is 15.7 Å². The lowest BCUT2D eigenvalue weighted by Crippen LogP contribution is -2.25. The second-order valence-electron chi connectivity index (χ2n) is 6.43.